The summed E-state index contributed by atoms with van der Waals surface area (Å²) in [4.78, 5) is 25.3. The average molecular weight is 310 g/mol. The molecule has 0 atom stereocenters. The molecule has 22 heavy (non-hydrogen) atoms. The van der Waals surface area contributed by atoms with Crippen LogP contribution in [0, 0.1) is 0 Å². The summed E-state index contributed by atoms with van der Waals surface area (Å²) in [6.45, 7) is 9.77. The van der Waals surface area contributed by atoms with Crippen LogP contribution >= 0.6 is 0 Å². The third-order valence-corrected chi connectivity index (χ3v) is 3.30. The van der Waals surface area contributed by atoms with Gasteiger partial charge in [0.05, 0.1) is 6.20 Å². The number of hydrogen-bond acceptors (Lipinski definition) is 5. The molecule has 0 spiro atoms. The number of carbonyl (C=O) groups is 2. The van der Waals surface area contributed by atoms with Crippen LogP contribution in [-0.2, 0) is 16.1 Å². The molecule has 8 heteroatoms. The number of aromatic nitrogens is 3. The van der Waals surface area contributed by atoms with Crippen LogP contribution in [0.4, 0.5) is 5.82 Å². The van der Waals surface area contributed by atoms with Crippen LogP contribution < -0.4 is 10.6 Å². The first kappa shape index (κ1) is 18.1. The van der Waals surface area contributed by atoms with E-state index in [1.165, 1.54) is 4.68 Å². The van der Waals surface area contributed by atoms with Gasteiger partial charge in [-0.3, -0.25) is 9.59 Å². The van der Waals surface area contributed by atoms with Gasteiger partial charge < -0.3 is 15.5 Å². The summed E-state index contributed by atoms with van der Waals surface area (Å²) in [6.07, 6.45) is 2.84. The fourth-order valence-electron chi connectivity index (χ4n) is 1.94. The monoisotopic (exact) mass is 310 g/mol. The Balaban J connectivity index is 2.26. The molecule has 1 aromatic rings. The minimum absolute atomic E-state index is 0.0975. The lowest BCUT2D eigenvalue weighted by Gasteiger charge is -2.17. The van der Waals surface area contributed by atoms with Gasteiger partial charge in [0.2, 0.25) is 11.8 Å². The van der Waals surface area contributed by atoms with Gasteiger partial charge in [-0.2, -0.15) is 0 Å². The minimum atomic E-state index is -0.132. The Bertz CT molecular complexity index is 470. The van der Waals surface area contributed by atoms with E-state index in [1.807, 2.05) is 0 Å². The van der Waals surface area contributed by atoms with E-state index >= 15 is 0 Å². The Labute approximate surface area is 131 Å². The summed E-state index contributed by atoms with van der Waals surface area (Å²) < 4.78 is 1.41. The summed E-state index contributed by atoms with van der Waals surface area (Å²) in [6, 6.07) is 0. The van der Waals surface area contributed by atoms with E-state index in [0.29, 0.717) is 18.8 Å². The van der Waals surface area contributed by atoms with Crippen molar-refractivity contribution in [2.75, 3.05) is 31.5 Å². The average Bonchev–Trinajstić information content (AvgIpc) is 2.94. The van der Waals surface area contributed by atoms with Crippen molar-refractivity contribution in [3.63, 3.8) is 0 Å². The van der Waals surface area contributed by atoms with E-state index in [-0.39, 0.29) is 18.4 Å². The first-order chi connectivity index (χ1) is 10.6. The summed E-state index contributed by atoms with van der Waals surface area (Å²) in [5.41, 5.74) is 0. The number of carbonyl (C=O) groups excluding carboxylic acids is 2. The van der Waals surface area contributed by atoms with Crippen molar-refractivity contribution < 1.29 is 9.59 Å². The molecule has 124 valence electrons. The highest BCUT2D eigenvalue weighted by Crippen LogP contribution is 2.00. The maximum atomic E-state index is 11.8. The van der Waals surface area contributed by atoms with Crippen molar-refractivity contribution in [1.29, 1.82) is 0 Å². The molecule has 0 unspecified atom stereocenters. The Kier molecular flexibility index (Phi) is 8.13. The highest BCUT2D eigenvalue weighted by atomic mass is 16.2. The highest BCUT2D eigenvalue weighted by molar-refractivity contribution is 5.89. The summed E-state index contributed by atoms with van der Waals surface area (Å²) in [7, 11) is 0. The molecule has 0 bridgehead atoms. The quantitative estimate of drug-likeness (QED) is 0.613. The van der Waals surface area contributed by atoms with Crippen LogP contribution in [0.15, 0.2) is 6.20 Å². The molecular weight excluding hydrogens is 284 g/mol. The first-order valence-electron chi connectivity index (χ1n) is 7.78. The van der Waals surface area contributed by atoms with Crippen molar-refractivity contribution in [2.45, 2.75) is 40.2 Å². The lowest BCUT2D eigenvalue weighted by Crippen LogP contribution is -2.31. The molecule has 1 aromatic heterocycles. The molecule has 0 radical (unpaired) electrons. The molecule has 0 aromatic carbocycles. The standard InChI is InChI=1S/C14H26N6O2/c1-4-13(21)16-12-10-20(18-17-12)11-14(22)15-8-7-9-19(5-2)6-3/h10H,4-9,11H2,1-3H3,(H,15,22)(H,16,21). The summed E-state index contributed by atoms with van der Waals surface area (Å²) in [5, 5.41) is 13.0. The van der Waals surface area contributed by atoms with Gasteiger partial charge in [0.25, 0.3) is 0 Å². The van der Waals surface area contributed by atoms with Crippen molar-refractivity contribution in [3.8, 4) is 0 Å². The third kappa shape index (κ3) is 6.66. The van der Waals surface area contributed by atoms with Crippen molar-refractivity contribution >= 4 is 17.6 Å². The van der Waals surface area contributed by atoms with E-state index in [0.717, 1.165) is 26.1 Å². The number of anilines is 1. The predicted molar refractivity (Wildman–Crippen MR) is 84.4 cm³/mol. The maximum absolute atomic E-state index is 11.8. The zero-order valence-electron chi connectivity index (χ0n) is 13.6. The van der Waals surface area contributed by atoms with Gasteiger partial charge >= 0.3 is 0 Å². The second-order valence-corrected chi connectivity index (χ2v) is 4.93. The molecule has 0 saturated carbocycles. The van der Waals surface area contributed by atoms with Crippen molar-refractivity contribution in [3.05, 3.63) is 6.20 Å². The smallest absolute Gasteiger partial charge is 0.241 e. The number of nitrogens with zero attached hydrogens (tertiary/aromatic N) is 4. The van der Waals surface area contributed by atoms with Crippen molar-refractivity contribution in [1.82, 2.24) is 25.2 Å². The molecular formula is C14H26N6O2. The molecule has 0 saturated heterocycles. The second kappa shape index (κ2) is 9.88. The number of rotatable bonds is 10. The van der Waals surface area contributed by atoms with E-state index in [2.05, 4.69) is 39.7 Å². The van der Waals surface area contributed by atoms with E-state index in [1.54, 1.807) is 13.1 Å². The number of amides is 2. The lowest BCUT2D eigenvalue weighted by molar-refractivity contribution is -0.121. The molecule has 0 fully saturated rings. The topological polar surface area (TPSA) is 92.2 Å². The van der Waals surface area contributed by atoms with Crippen LogP contribution in [-0.4, -0.2) is 57.9 Å². The van der Waals surface area contributed by atoms with Gasteiger partial charge in [-0.15, -0.1) is 5.10 Å². The van der Waals surface area contributed by atoms with Gasteiger partial charge in [0.15, 0.2) is 5.82 Å². The molecule has 0 aliphatic carbocycles. The van der Waals surface area contributed by atoms with Gasteiger partial charge in [-0.05, 0) is 26.1 Å². The normalized spacial score (nSPS) is 10.7. The molecule has 2 amide bonds. The van der Waals surface area contributed by atoms with E-state index in [4.69, 9.17) is 0 Å². The fourth-order valence-corrected chi connectivity index (χ4v) is 1.94. The van der Waals surface area contributed by atoms with Gasteiger partial charge in [0, 0.05) is 13.0 Å². The van der Waals surface area contributed by atoms with Gasteiger partial charge in [0.1, 0.15) is 6.54 Å². The molecule has 0 aliphatic heterocycles. The zero-order chi connectivity index (χ0) is 16.4. The third-order valence-electron chi connectivity index (χ3n) is 3.30. The van der Waals surface area contributed by atoms with Crippen LogP contribution in [0.1, 0.15) is 33.6 Å². The molecule has 1 rings (SSSR count). The second-order valence-electron chi connectivity index (χ2n) is 4.93. The highest BCUT2D eigenvalue weighted by Gasteiger charge is 2.07. The summed E-state index contributed by atoms with van der Waals surface area (Å²) in [5.74, 6) is 0.118. The van der Waals surface area contributed by atoms with Crippen LogP contribution in [0.5, 0.6) is 0 Å². The van der Waals surface area contributed by atoms with E-state index < -0.39 is 0 Å². The molecule has 8 nitrogen and oxygen atoms in total. The number of hydrogen-bond donors (Lipinski definition) is 2. The van der Waals surface area contributed by atoms with E-state index in [9.17, 15) is 9.59 Å². The van der Waals surface area contributed by atoms with Gasteiger partial charge in [-0.1, -0.05) is 26.0 Å². The Morgan fingerprint density at radius 3 is 2.59 bits per heavy atom. The number of nitrogens with one attached hydrogen (secondary N) is 2. The Hall–Kier alpha value is -1.96. The van der Waals surface area contributed by atoms with Crippen LogP contribution in [0.2, 0.25) is 0 Å². The fraction of sp³-hybridized carbons (Fsp3) is 0.714. The minimum Gasteiger partial charge on any atom is -0.354 e. The Morgan fingerprint density at radius 2 is 1.95 bits per heavy atom. The lowest BCUT2D eigenvalue weighted by atomic mass is 10.3. The molecule has 0 aliphatic rings. The predicted octanol–water partition coefficient (Wildman–Crippen LogP) is 0.475. The molecule has 2 N–H and O–H groups in total. The molecule has 1 heterocycles. The van der Waals surface area contributed by atoms with Crippen LogP contribution in [0.3, 0.4) is 0 Å². The zero-order valence-corrected chi connectivity index (χ0v) is 13.6. The first-order valence-corrected chi connectivity index (χ1v) is 7.78. The SMILES string of the molecule is CCC(=O)Nc1cn(CC(=O)NCCCN(CC)CC)nn1. The van der Waals surface area contributed by atoms with Crippen LogP contribution in [0.25, 0.3) is 0 Å². The largest absolute Gasteiger partial charge is 0.354 e. The van der Waals surface area contributed by atoms with Crippen molar-refractivity contribution in [2.24, 2.45) is 0 Å². The Morgan fingerprint density at radius 1 is 1.23 bits per heavy atom. The van der Waals surface area contributed by atoms with Gasteiger partial charge in [-0.25, -0.2) is 4.68 Å². The maximum Gasteiger partial charge on any atom is 0.241 e. The summed E-state index contributed by atoms with van der Waals surface area (Å²) >= 11 is 0.